The fourth-order valence-electron chi connectivity index (χ4n) is 6.43. The van der Waals surface area contributed by atoms with Crippen LogP contribution in [0.3, 0.4) is 0 Å². The highest BCUT2D eigenvalue weighted by atomic mass is 16.3. The van der Waals surface area contributed by atoms with E-state index in [4.69, 9.17) is 0 Å². The third kappa shape index (κ3) is 1.78. The molecule has 2 N–H and O–H groups in total. The first-order chi connectivity index (χ1) is 10.4. The molecule has 7 atom stereocenters. The number of fused-ring (bicyclic) bond motifs is 5. The van der Waals surface area contributed by atoms with Gasteiger partial charge in [-0.3, -0.25) is 4.79 Å². The van der Waals surface area contributed by atoms with Crippen LogP contribution in [0.5, 0.6) is 0 Å². The number of rotatable bonds is 0. The fourth-order valence-corrected chi connectivity index (χ4v) is 6.43. The number of hydrogen-bond donors (Lipinski definition) is 2. The summed E-state index contributed by atoms with van der Waals surface area (Å²) >= 11 is 0. The van der Waals surface area contributed by atoms with E-state index in [1.807, 2.05) is 0 Å². The highest BCUT2D eigenvalue weighted by Crippen LogP contribution is 2.63. The van der Waals surface area contributed by atoms with Crippen molar-refractivity contribution >= 4 is 5.78 Å². The second-order valence-corrected chi connectivity index (χ2v) is 8.73. The number of ketones is 1. The molecule has 5 unspecified atom stereocenters. The van der Waals surface area contributed by atoms with Crippen LogP contribution in [-0.2, 0) is 4.79 Å². The molecule has 0 aromatic heterocycles. The van der Waals surface area contributed by atoms with Crippen LogP contribution in [-0.4, -0.2) is 28.2 Å². The Morgan fingerprint density at radius 1 is 1.09 bits per heavy atom. The van der Waals surface area contributed by atoms with E-state index in [1.54, 1.807) is 0 Å². The number of carbonyl (C=O) groups is 1. The van der Waals surface area contributed by atoms with Crippen LogP contribution >= 0.6 is 0 Å². The van der Waals surface area contributed by atoms with E-state index < -0.39 is 6.10 Å². The topological polar surface area (TPSA) is 57.5 Å². The van der Waals surface area contributed by atoms with Gasteiger partial charge >= 0.3 is 0 Å². The minimum absolute atomic E-state index is 0.0925. The number of hydrogen-bond acceptors (Lipinski definition) is 3. The van der Waals surface area contributed by atoms with Crippen LogP contribution in [0.15, 0.2) is 11.6 Å². The Morgan fingerprint density at radius 3 is 2.59 bits per heavy atom. The van der Waals surface area contributed by atoms with Crippen LogP contribution in [0.25, 0.3) is 0 Å². The summed E-state index contributed by atoms with van der Waals surface area (Å²) < 4.78 is 0. The lowest BCUT2D eigenvalue weighted by atomic mass is 9.48. The molecule has 4 aliphatic rings. The minimum atomic E-state index is -0.736. The van der Waals surface area contributed by atoms with Gasteiger partial charge in [0, 0.05) is 5.41 Å². The minimum Gasteiger partial charge on any atom is -0.393 e. The molecule has 0 saturated heterocycles. The zero-order valence-electron chi connectivity index (χ0n) is 13.7. The van der Waals surface area contributed by atoms with E-state index in [1.165, 1.54) is 5.57 Å². The fraction of sp³-hybridized carbons (Fsp3) is 0.842. The van der Waals surface area contributed by atoms with Gasteiger partial charge < -0.3 is 10.2 Å². The summed E-state index contributed by atoms with van der Waals surface area (Å²) in [5, 5.41) is 20.1. The molecule has 3 saturated carbocycles. The van der Waals surface area contributed by atoms with E-state index >= 15 is 0 Å². The molecule has 3 heteroatoms. The van der Waals surface area contributed by atoms with E-state index in [0.717, 1.165) is 38.5 Å². The Labute approximate surface area is 132 Å². The van der Waals surface area contributed by atoms with Gasteiger partial charge in [-0.15, -0.1) is 0 Å². The molecule has 122 valence electrons. The maximum absolute atomic E-state index is 12.4. The van der Waals surface area contributed by atoms with Crippen molar-refractivity contribution in [3.05, 3.63) is 11.6 Å². The molecule has 4 rings (SSSR count). The largest absolute Gasteiger partial charge is 0.393 e. The van der Waals surface area contributed by atoms with Crippen molar-refractivity contribution in [3.63, 3.8) is 0 Å². The monoisotopic (exact) mass is 304 g/mol. The van der Waals surface area contributed by atoms with Crippen molar-refractivity contribution < 1.29 is 15.0 Å². The molecule has 3 fully saturated rings. The third-order valence-electron chi connectivity index (χ3n) is 7.81. The molecule has 0 aromatic rings. The van der Waals surface area contributed by atoms with E-state index in [2.05, 4.69) is 19.9 Å². The molecule has 0 amide bonds. The summed E-state index contributed by atoms with van der Waals surface area (Å²) in [5.41, 5.74) is 1.37. The molecular formula is C19H28O3. The zero-order valence-corrected chi connectivity index (χ0v) is 13.7. The van der Waals surface area contributed by atoms with Crippen LogP contribution in [0, 0.1) is 28.6 Å². The summed E-state index contributed by atoms with van der Waals surface area (Å²) in [6, 6.07) is 0. The van der Waals surface area contributed by atoms with Gasteiger partial charge in [-0.05, 0) is 68.1 Å². The van der Waals surface area contributed by atoms with Crippen molar-refractivity contribution in [3.8, 4) is 0 Å². The lowest BCUT2D eigenvalue weighted by molar-refractivity contribution is -0.136. The van der Waals surface area contributed by atoms with Crippen LogP contribution in [0.4, 0.5) is 0 Å². The maximum atomic E-state index is 12.4. The van der Waals surface area contributed by atoms with E-state index in [-0.39, 0.29) is 22.7 Å². The molecule has 0 radical (unpaired) electrons. The van der Waals surface area contributed by atoms with Crippen molar-refractivity contribution in [2.75, 3.05) is 0 Å². The zero-order chi connectivity index (χ0) is 15.7. The highest BCUT2D eigenvalue weighted by molar-refractivity contribution is 5.91. The summed E-state index contributed by atoms with van der Waals surface area (Å²) in [7, 11) is 0. The van der Waals surface area contributed by atoms with Crippen LogP contribution < -0.4 is 0 Å². The van der Waals surface area contributed by atoms with Gasteiger partial charge in [0.15, 0.2) is 5.78 Å². The number of carbonyl (C=O) groups excluding carboxylic acids is 1. The van der Waals surface area contributed by atoms with Crippen LogP contribution in [0.2, 0.25) is 0 Å². The van der Waals surface area contributed by atoms with E-state index in [0.29, 0.717) is 24.2 Å². The van der Waals surface area contributed by atoms with Crippen molar-refractivity contribution in [2.45, 2.75) is 71.0 Å². The summed E-state index contributed by atoms with van der Waals surface area (Å²) in [6.45, 7) is 4.48. The Hall–Kier alpha value is -0.670. The van der Waals surface area contributed by atoms with Crippen LogP contribution in [0.1, 0.15) is 58.8 Å². The Bertz CT molecular complexity index is 539. The molecule has 3 nitrogen and oxygen atoms in total. The Morgan fingerprint density at radius 2 is 1.82 bits per heavy atom. The highest BCUT2D eigenvalue weighted by Gasteiger charge is 2.60. The third-order valence-corrected chi connectivity index (χ3v) is 7.81. The average molecular weight is 304 g/mol. The second-order valence-electron chi connectivity index (χ2n) is 8.73. The quantitative estimate of drug-likeness (QED) is 0.677. The summed E-state index contributed by atoms with van der Waals surface area (Å²) in [6.07, 6.45) is 8.00. The molecule has 0 heterocycles. The first-order valence-electron chi connectivity index (χ1n) is 8.96. The average Bonchev–Trinajstić information content (AvgIpc) is 2.72. The van der Waals surface area contributed by atoms with Gasteiger partial charge in [0.2, 0.25) is 0 Å². The van der Waals surface area contributed by atoms with Crippen molar-refractivity contribution in [1.82, 2.24) is 0 Å². The van der Waals surface area contributed by atoms with Gasteiger partial charge in [0.05, 0.1) is 6.10 Å². The molecule has 22 heavy (non-hydrogen) atoms. The number of aliphatic hydroxyl groups is 2. The lowest BCUT2D eigenvalue weighted by Gasteiger charge is -2.56. The first-order valence-corrected chi connectivity index (χ1v) is 8.96. The SMILES string of the molecule is C[C@]12CCC(O)CC1=CCC1C2CC[C@]2(C)C(=O)C(O)CC12. The standard InChI is InChI=1S/C19H28O3/c1-18-7-5-12(20)9-11(18)3-4-13-14(18)6-8-19(2)15(13)10-16(21)17(19)22/h3,12-16,20-21H,4-10H2,1-2H3/t12?,13?,14?,15?,16?,18-,19-/m0/s1. The first kappa shape index (κ1) is 14.9. The second kappa shape index (κ2) is 4.67. The molecule has 0 aliphatic heterocycles. The number of allylic oxidation sites excluding steroid dienone is 1. The normalized spacial score (nSPS) is 54.3. The van der Waals surface area contributed by atoms with Gasteiger partial charge in [-0.2, -0.15) is 0 Å². The van der Waals surface area contributed by atoms with Gasteiger partial charge in [0.1, 0.15) is 6.10 Å². The molecule has 0 aromatic carbocycles. The van der Waals surface area contributed by atoms with Gasteiger partial charge in [-0.25, -0.2) is 0 Å². The number of aliphatic hydroxyl groups excluding tert-OH is 2. The summed E-state index contributed by atoms with van der Waals surface area (Å²) in [5.74, 6) is 1.59. The Balaban J connectivity index is 1.70. The van der Waals surface area contributed by atoms with E-state index in [9.17, 15) is 15.0 Å². The predicted molar refractivity (Wildman–Crippen MR) is 84.1 cm³/mol. The lowest BCUT2D eigenvalue weighted by Crippen LogP contribution is -2.50. The van der Waals surface area contributed by atoms with Gasteiger partial charge in [-0.1, -0.05) is 25.5 Å². The maximum Gasteiger partial charge on any atom is 0.167 e. The van der Waals surface area contributed by atoms with Crippen molar-refractivity contribution in [2.24, 2.45) is 28.6 Å². The number of Topliss-reactive ketones (excluding diaryl/α,β-unsaturated/α-hetero) is 1. The Kier molecular flexibility index (Phi) is 3.16. The smallest absolute Gasteiger partial charge is 0.167 e. The van der Waals surface area contributed by atoms with Gasteiger partial charge in [0.25, 0.3) is 0 Å². The molecule has 4 aliphatic carbocycles. The predicted octanol–water partition coefficient (Wildman–Crippen LogP) is 2.85. The van der Waals surface area contributed by atoms with Crippen molar-refractivity contribution in [1.29, 1.82) is 0 Å². The molecular weight excluding hydrogens is 276 g/mol. The molecule has 0 spiro atoms. The molecule has 0 bridgehead atoms. The summed E-state index contributed by atoms with van der Waals surface area (Å²) in [4.78, 5) is 12.4.